The van der Waals surface area contributed by atoms with Crippen LogP contribution in [-0.2, 0) is 4.79 Å². The molecule has 1 aromatic heterocycles. The highest BCUT2D eigenvalue weighted by atomic mass is 35.5. The van der Waals surface area contributed by atoms with E-state index in [2.05, 4.69) is 37.5 Å². The van der Waals surface area contributed by atoms with Crippen LogP contribution in [0.5, 0.6) is 0 Å². The average molecular weight is 432 g/mol. The minimum absolute atomic E-state index is 0.00102. The number of carbonyl (C=O) groups excluding carboxylic acids is 1. The van der Waals surface area contributed by atoms with Crippen LogP contribution in [0.25, 0.3) is 5.57 Å². The Hall–Kier alpha value is -3.46. The number of nitrogens with one attached hydrogen (secondary N) is 3. The molecule has 0 saturated carbocycles. The van der Waals surface area contributed by atoms with Gasteiger partial charge in [-0.25, -0.2) is 14.4 Å². The normalized spacial score (nSPS) is 11.7. The van der Waals surface area contributed by atoms with E-state index in [9.17, 15) is 9.18 Å². The second kappa shape index (κ2) is 11.5. The molecule has 0 bridgehead atoms. The maximum Gasteiger partial charge on any atom is 0.216 e. The van der Waals surface area contributed by atoms with Crippen molar-refractivity contribution in [1.29, 1.82) is 0 Å². The Balaban J connectivity index is 2.08. The van der Waals surface area contributed by atoms with E-state index < -0.39 is 5.82 Å². The number of amides is 1. The van der Waals surface area contributed by atoms with Gasteiger partial charge in [-0.1, -0.05) is 18.2 Å². The molecule has 1 amide bonds. The summed E-state index contributed by atoms with van der Waals surface area (Å²) in [6, 6.07) is 4.24. The fourth-order valence-electron chi connectivity index (χ4n) is 2.31. The van der Waals surface area contributed by atoms with Gasteiger partial charge < -0.3 is 21.7 Å². The number of hydrogen-bond donors (Lipinski definition) is 4. The van der Waals surface area contributed by atoms with Crippen molar-refractivity contribution >= 4 is 34.6 Å². The third-order valence-electron chi connectivity index (χ3n) is 3.74. The van der Waals surface area contributed by atoms with Gasteiger partial charge in [-0.3, -0.25) is 9.79 Å². The minimum atomic E-state index is -0.505. The van der Waals surface area contributed by atoms with Crippen molar-refractivity contribution in [3.05, 3.63) is 71.9 Å². The molecule has 2 aromatic rings. The molecular formula is C20H23ClFN7O. The van der Waals surface area contributed by atoms with E-state index in [1.54, 1.807) is 18.6 Å². The first kappa shape index (κ1) is 22.8. The number of aliphatic imine (C=N–C) groups is 1. The number of aromatic nitrogens is 2. The van der Waals surface area contributed by atoms with Gasteiger partial charge in [0.1, 0.15) is 18.0 Å². The second-order valence-corrected chi connectivity index (χ2v) is 6.57. The molecule has 0 aliphatic heterocycles. The molecule has 0 atom stereocenters. The zero-order chi connectivity index (χ0) is 21.9. The Labute approximate surface area is 179 Å². The van der Waals surface area contributed by atoms with Crippen molar-refractivity contribution in [3.63, 3.8) is 0 Å². The Morgan fingerprint density at radius 1 is 1.37 bits per heavy atom. The number of carbonyl (C=O) groups is 1. The molecule has 0 aliphatic carbocycles. The first-order chi connectivity index (χ1) is 14.4. The number of amidine groups is 1. The smallest absolute Gasteiger partial charge is 0.216 e. The van der Waals surface area contributed by atoms with Crippen LogP contribution in [0.4, 0.5) is 10.1 Å². The van der Waals surface area contributed by atoms with Crippen molar-refractivity contribution in [2.45, 2.75) is 13.3 Å². The molecule has 5 N–H and O–H groups in total. The average Bonchev–Trinajstić information content (AvgIpc) is 2.71. The first-order valence-corrected chi connectivity index (χ1v) is 9.42. The first-order valence-electron chi connectivity index (χ1n) is 9.04. The lowest BCUT2D eigenvalue weighted by Gasteiger charge is -2.12. The standard InChI is InChI=1S/C20H23ClFN7O/c1-13(29-16-4-5-19(22)18(21)8-16)28-11-17(15-9-24-12-25-10-15)20(23)27-7-3-6-26-14(2)30/h4-5,8-12,28-29H,1,3,6-7H2,2H3,(H2,23,27)(H,26,30). The third-order valence-corrected chi connectivity index (χ3v) is 4.03. The monoisotopic (exact) mass is 431 g/mol. The maximum atomic E-state index is 13.3. The van der Waals surface area contributed by atoms with Crippen LogP contribution in [-0.4, -0.2) is 34.8 Å². The van der Waals surface area contributed by atoms with Crippen molar-refractivity contribution < 1.29 is 9.18 Å². The maximum absolute atomic E-state index is 13.3. The van der Waals surface area contributed by atoms with Crippen molar-refractivity contribution in [2.24, 2.45) is 10.7 Å². The van der Waals surface area contributed by atoms with Gasteiger partial charge in [-0.2, -0.15) is 0 Å². The van der Waals surface area contributed by atoms with Crippen LogP contribution in [0.1, 0.15) is 18.9 Å². The lowest BCUT2D eigenvalue weighted by Crippen LogP contribution is -2.22. The molecule has 1 aromatic carbocycles. The SMILES string of the molecule is C=C(NC=C(C(N)=NCCCNC(C)=O)c1cncnc1)Nc1ccc(F)c(Cl)c1. The molecule has 10 heteroatoms. The summed E-state index contributed by atoms with van der Waals surface area (Å²) in [5.41, 5.74) is 7.95. The summed E-state index contributed by atoms with van der Waals surface area (Å²) in [4.78, 5) is 23.3. The lowest BCUT2D eigenvalue weighted by molar-refractivity contribution is -0.118. The van der Waals surface area contributed by atoms with E-state index >= 15 is 0 Å². The predicted molar refractivity (Wildman–Crippen MR) is 117 cm³/mol. The predicted octanol–water partition coefficient (Wildman–Crippen LogP) is 2.67. The fourth-order valence-corrected chi connectivity index (χ4v) is 2.50. The topological polar surface area (TPSA) is 117 Å². The highest BCUT2D eigenvalue weighted by Crippen LogP contribution is 2.20. The van der Waals surface area contributed by atoms with Crippen molar-refractivity contribution in [2.75, 3.05) is 18.4 Å². The van der Waals surface area contributed by atoms with Gasteiger partial charge in [-0.15, -0.1) is 0 Å². The van der Waals surface area contributed by atoms with Crippen LogP contribution < -0.4 is 21.7 Å². The molecule has 0 radical (unpaired) electrons. The van der Waals surface area contributed by atoms with Crippen molar-refractivity contribution in [3.8, 4) is 0 Å². The van der Waals surface area contributed by atoms with Gasteiger partial charge >= 0.3 is 0 Å². The summed E-state index contributed by atoms with van der Waals surface area (Å²) in [6.45, 7) is 6.28. The molecule has 158 valence electrons. The van der Waals surface area contributed by atoms with Crippen molar-refractivity contribution in [1.82, 2.24) is 20.6 Å². The van der Waals surface area contributed by atoms with Crippen LogP contribution in [0.3, 0.4) is 0 Å². The van der Waals surface area contributed by atoms with Gasteiger partial charge in [0.15, 0.2) is 0 Å². The number of anilines is 1. The molecule has 0 saturated heterocycles. The molecule has 0 fully saturated rings. The van der Waals surface area contributed by atoms with Gasteiger partial charge in [0.25, 0.3) is 0 Å². The summed E-state index contributed by atoms with van der Waals surface area (Å²) in [5.74, 6) is 0.0874. The van der Waals surface area contributed by atoms with E-state index in [1.807, 2.05) is 0 Å². The molecule has 0 aliphatic rings. The van der Waals surface area contributed by atoms with E-state index in [4.69, 9.17) is 17.3 Å². The highest BCUT2D eigenvalue weighted by Gasteiger charge is 2.08. The number of halogens is 2. The Morgan fingerprint density at radius 3 is 2.77 bits per heavy atom. The third kappa shape index (κ3) is 7.51. The molecular weight excluding hydrogens is 409 g/mol. The Bertz CT molecular complexity index is 947. The lowest BCUT2D eigenvalue weighted by atomic mass is 10.1. The molecule has 30 heavy (non-hydrogen) atoms. The zero-order valence-corrected chi connectivity index (χ0v) is 17.2. The Kier molecular flexibility index (Phi) is 8.76. The summed E-state index contributed by atoms with van der Waals surface area (Å²) < 4.78 is 13.3. The minimum Gasteiger partial charge on any atom is -0.383 e. The number of nitrogens with two attached hydrogens (primary N) is 1. The molecule has 8 nitrogen and oxygen atoms in total. The summed E-state index contributed by atoms with van der Waals surface area (Å²) in [6.07, 6.45) is 6.89. The van der Waals surface area contributed by atoms with Gasteiger partial charge in [0.2, 0.25) is 5.91 Å². The zero-order valence-electron chi connectivity index (χ0n) is 16.5. The fraction of sp³-hybridized carbons (Fsp3) is 0.200. The summed E-state index contributed by atoms with van der Waals surface area (Å²) in [7, 11) is 0. The number of nitrogens with zero attached hydrogens (tertiary/aromatic N) is 3. The van der Waals surface area contributed by atoms with E-state index in [0.717, 1.165) is 0 Å². The number of benzene rings is 1. The van der Waals surface area contributed by atoms with E-state index in [1.165, 1.54) is 31.5 Å². The summed E-state index contributed by atoms with van der Waals surface area (Å²) in [5, 5.41) is 8.66. The quantitative estimate of drug-likeness (QED) is 0.261. The number of rotatable bonds is 10. The van der Waals surface area contributed by atoms with Gasteiger partial charge in [0, 0.05) is 55.4 Å². The van der Waals surface area contributed by atoms with Crippen LogP contribution >= 0.6 is 11.6 Å². The van der Waals surface area contributed by atoms with E-state index in [0.29, 0.717) is 42.2 Å². The van der Waals surface area contributed by atoms with Crippen LogP contribution in [0, 0.1) is 5.82 Å². The van der Waals surface area contributed by atoms with Gasteiger partial charge in [0.05, 0.1) is 10.8 Å². The Morgan fingerprint density at radius 2 is 2.10 bits per heavy atom. The van der Waals surface area contributed by atoms with Crippen LogP contribution in [0.2, 0.25) is 5.02 Å². The molecule has 0 unspecified atom stereocenters. The molecule has 0 spiro atoms. The van der Waals surface area contributed by atoms with Crippen LogP contribution in [0.15, 0.2) is 60.5 Å². The highest BCUT2D eigenvalue weighted by molar-refractivity contribution is 6.31. The number of hydrogen-bond acceptors (Lipinski definition) is 6. The molecule has 1 heterocycles. The molecule has 2 rings (SSSR count). The largest absolute Gasteiger partial charge is 0.383 e. The van der Waals surface area contributed by atoms with Gasteiger partial charge in [-0.05, 0) is 24.6 Å². The summed E-state index contributed by atoms with van der Waals surface area (Å²) >= 11 is 5.79. The van der Waals surface area contributed by atoms with E-state index in [-0.39, 0.29) is 16.8 Å². The second-order valence-electron chi connectivity index (χ2n) is 6.17.